The summed E-state index contributed by atoms with van der Waals surface area (Å²) in [7, 11) is 1.82. The highest BCUT2D eigenvalue weighted by Crippen LogP contribution is 2.20. The van der Waals surface area contributed by atoms with Crippen LogP contribution in [0.4, 0.5) is 0 Å². The normalized spacial score (nSPS) is 10.9. The maximum atomic E-state index is 4.37. The highest BCUT2D eigenvalue weighted by molar-refractivity contribution is 5.63. The number of nitrogens with one attached hydrogen (secondary N) is 1. The molecule has 6 heteroatoms. The number of hydrogen-bond donors (Lipinski definition) is 1. The molecule has 0 aliphatic rings. The number of fused-ring (bicyclic) bond motifs is 1. The van der Waals surface area contributed by atoms with E-state index in [0.29, 0.717) is 0 Å². The summed E-state index contributed by atoms with van der Waals surface area (Å²) >= 11 is 0. The van der Waals surface area contributed by atoms with Crippen molar-refractivity contribution in [2.45, 2.75) is 6.92 Å². The molecule has 0 amide bonds. The summed E-state index contributed by atoms with van der Waals surface area (Å²) in [5.41, 5.74) is 6.74. The molecule has 0 aliphatic heterocycles. The van der Waals surface area contributed by atoms with E-state index in [1.807, 2.05) is 37.0 Å². The zero-order chi connectivity index (χ0) is 11.8. The fourth-order valence-electron chi connectivity index (χ4n) is 1.84. The van der Waals surface area contributed by atoms with Gasteiger partial charge in [-0.25, -0.2) is 4.98 Å². The summed E-state index contributed by atoms with van der Waals surface area (Å²) < 4.78 is 2.01. The van der Waals surface area contributed by atoms with Gasteiger partial charge >= 0.3 is 0 Å². The Bertz CT molecular complexity index is 665. The molecule has 0 saturated carbocycles. The van der Waals surface area contributed by atoms with Gasteiger partial charge in [-0.05, 0) is 6.92 Å². The van der Waals surface area contributed by atoms with Crippen LogP contribution in [0.5, 0.6) is 0 Å². The Morgan fingerprint density at radius 3 is 2.88 bits per heavy atom. The van der Waals surface area contributed by atoms with Crippen LogP contribution in [0.25, 0.3) is 16.9 Å². The maximum absolute atomic E-state index is 4.37. The smallest absolute Gasteiger partial charge is 0.158 e. The first-order valence-corrected chi connectivity index (χ1v) is 5.31. The fourth-order valence-corrected chi connectivity index (χ4v) is 1.84. The minimum atomic E-state index is 0.875. The van der Waals surface area contributed by atoms with Crippen molar-refractivity contribution in [3.63, 3.8) is 0 Å². The van der Waals surface area contributed by atoms with Gasteiger partial charge in [-0.3, -0.25) is 9.38 Å². The molecule has 0 spiro atoms. The molecule has 3 rings (SSSR count). The third-order valence-electron chi connectivity index (χ3n) is 2.71. The average Bonchev–Trinajstić information content (AvgIpc) is 2.94. The van der Waals surface area contributed by atoms with Gasteiger partial charge in [0.1, 0.15) is 0 Å². The van der Waals surface area contributed by atoms with Crippen LogP contribution in [-0.2, 0) is 0 Å². The third kappa shape index (κ3) is 1.45. The Hall–Kier alpha value is -2.37. The van der Waals surface area contributed by atoms with Crippen LogP contribution in [0, 0.1) is 6.92 Å². The number of hydrogen-bond acceptors (Lipinski definition) is 4. The molecule has 0 aliphatic carbocycles. The third-order valence-corrected chi connectivity index (χ3v) is 2.71. The second-order valence-electron chi connectivity index (χ2n) is 3.75. The van der Waals surface area contributed by atoms with Gasteiger partial charge < -0.3 is 5.43 Å². The second kappa shape index (κ2) is 3.58. The van der Waals surface area contributed by atoms with Crippen molar-refractivity contribution in [3.05, 3.63) is 36.7 Å². The first-order valence-electron chi connectivity index (χ1n) is 5.31. The van der Waals surface area contributed by atoms with Crippen molar-refractivity contribution < 1.29 is 0 Å². The van der Waals surface area contributed by atoms with Crippen LogP contribution in [0.2, 0.25) is 0 Å². The van der Waals surface area contributed by atoms with Gasteiger partial charge in [0.25, 0.3) is 0 Å². The van der Waals surface area contributed by atoms with Crippen LogP contribution < -0.4 is 5.43 Å². The molecule has 6 nitrogen and oxygen atoms in total. The van der Waals surface area contributed by atoms with E-state index in [4.69, 9.17) is 0 Å². The Labute approximate surface area is 97.9 Å². The second-order valence-corrected chi connectivity index (χ2v) is 3.75. The van der Waals surface area contributed by atoms with Crippen molar-refractivity contribution in [1.29, 1.82) is 0 Å². The number of nitrogens with zero attached hydrogens (tertiary/aromatic N) is 5. The summed E-state index contributed by atoms with van der Waals surface area (Å²) in [5, 5.41) is 4.17. The predicted molar refractivity (Wildman–Crippen MR) is 64.2 cm³/mol. The van der Waals surface area contributed by atoms with Gasteiger partial charge in [0.15, 0.2) is 5.65 Å². The molecule has 3 heterocycles. The highest BCUT2D eigenvalue weighted by atomic mass is 15.5. The summed E-state index contributed by atoms with van der Waals surface area (Å²) in [6.07, 6.45) is 9.23. The van der Waals surface area contributed by atoms with E-state index in [2.05, 4.69) is 20.5 Å². The van der Waals surface area contributed by atoms with E-state index in [1.54, 1.807) is 17.2 Å². The van der Waals surface area contributed by atoms with Crippen molar-refractivity contribution in [3.8, 4) is 11.3 Å². The van der Waals surface area contributed by atoms with Crippen LogP contribution in [0.15, 0.2) is 31.0 Å². The first-order chi connectivity index (χ1) is 8.29. The lowest BCUT2D eigenvalue weighted by Crippen LogP contribution is -2.08. The topological polar surface area (TPSA) is 60.0 Å². The molecule has 0 bridgehead atoms. The molecule has 3 aromatic rings. The molecule has 0 saturated heterocycles. The lowest BCUT2D eigenvalue weighted by Gasteiger charge is -1.99. The van der Waals surface area contributed by atoms with Gasteiger partial charge in [-0.15, -0.1) is 0 Å². The summed E-state index contributed by atoms with van der Waals surface area (Å²) in [5.74, 6) is 0. The first kappa shape index (κ1) is 9.83. The van der Waals surface area contributed by atoms with Gasteiger partial charge in [0.05, 0.1) is 30.0 Å². The maximum Gasteiger partial charge on any atom is 0.158 e. The zero-order valence-corrected chi connectivity index (χ0v) is 9.62. The van der Waals surface area contributed by atoms with Crippen LogP contribution in [0.1, 0.15) is 5.69 Å². The Morgan fingerprint density at radius 1 is 1.24 bits per heavy atom. The molecule has 86 valence electrons. The van der Waals surface area contributed by atoms with E-state index in [9.17, 15) is 0 Å². The Morgan fingerprint density at radius 2 is 2.12 bits per heavy atom. The van der Waals surface area contributed by atoms with Crippen molar-refractivity contribution in [2.75, 3.05) is 12.5 Å². The minimum Gasteiger partial charge on any atom is -0.313 e. The van der Waals surface area contributed by atoms with Gasteiger partial charge in [0.2, 0.25) is 0 Å². The lowest BCUT2D eigenvalue weighted by molar-refractivity contribution is 0.782. The van der Waals surface area contributed by atoms with E-state index in [0.717, 1.165) is 22.6 Å². The predicted octanol–water partition coefficient (Wildman–Crippen LogP) is 1.07. The van der Waals surface area contributed by atoms with E-state index in [-0.39, 0.29) is 0 Å². The van der Waals surface area contributed by atoms with E-state index < -0.39 is 0 Å². The van der Waals surface area contributed by atoms with Crippen LogP contribution in [0.3, 0.4) is 0 Å². The molecule has 0 fully saturated rings. The minimum absolute atomic E-state index is 0.875. The Balaban J connectivity index is 2.20. The zero-order valence-electron chi connectivity index (χ0n) is 9.62. The molecule has 0 unspecified atom stereocenters. The molecule has 0 atom stereocenters. The van der Waals surface area contributed by atoms with Gasteiger partial charge in [-0.2, -0.15) is 9.89 Å². The number of aromatic nitrogens is 5. The fraction of sp³-hybridized carbons (Fsp3) is 0.182. The molecule has 3 aromatic heterocycles. The number of rotatable bonds is 2. The number of imidazole rings is 1. The quantitative estimate of drug-likeness (QED) is 0.713. The molecular formula is C11H12N6. The standard InChI is InChI=1S/C11H12N6/c1-8-11-14-6-10(16(11)4-3-13-8)9-5-15-17(7-9)12-2/h3-7,12H,1-2H3. The van der Waals surface area contributed by atoms with Crippen LogP contribution >= 0.6 is 0 Å². The van der Waals surface area contributed by atoms with Crippen LogP contribution in [-0.4, -0.2) is 31.3 Å². The monoisotopic (exact) mass is 228 g/mol. The number of aryl methyl sites for hydroxylation is 1. The molecular weight excluding hydrogens is 216 g/mol. The van der Waals surface area contributed by atoms with E-state index >= 15 is 0 Å². The largest absolute Gasteiger partial charge is 0.313 e. The molecule has 1 N–H and O–H groups in total. The highest BCUT2D eigenvalue weighted by Gasteiger charge is 2.09. The van der Waals surface area contributed by atoms with Crippen molar-refractivity contribution in [1.82, 2.24) is 24.3 Å². The summed E-state index contributed by atoms with van der Waals surface area (Å²) in [6, 6.07) is 0. The van der Waals surface area contributed by atoms with Crippen molar-refractivity contribution >= 4 is 5.65 Å². The molecule has 17 heavy (non-hydrogen) atoms. The SMILES string of the molecule is CNn1cc(-c2cnc3c(C)nccn23)cn1. The molecule has 0 radical (unpaired) electrons. The van der Waals surface area contributed by atoms with Crippen molar-refractivity contribution in [2.24, 2.45) is 0 Å². The molecule has 0 aromatic carbocycles. The Kier molecular flexibility index (Phi) is 2.07. The lowest BCUT2D eigenvalue weighted by atomic mass is 10.3. The van der Waals surface area contributed by atoms with E-state index in [1.165, 1.54) is 0 Å². The summed E-state index contributed by atoms with van der Waals surface area (Å²) in [4.78, 5) is 10.2. The summed E-state index contributed by atoms with van der Waals surface area (Å²) in [6.45, 7) is 1.95. The van der Waals surface area contributed by atoms with Gasteiger partial charge in [0, 0.05) is 25.0 Å². The van der Waals surface area contributed by atoms with Gasteiger partial charge in [-0.1, -0.05) is 0 Å². The average molecular weight is 228 g/mol.